The quantitative estimate of drug-likeness (QED) is 0.688. The molecule has 21 heavy (non-hydrogen) atoms. The molecule has 1 aliphatic rings. The number of likely N-dealkylation sites (tertiary alicyclic amines) is 1. The largest absolute Gasteiger partial charge is 0.278 e. The molecule has 0 bridgehead atoms. The zero-order chi connectivity index (χ0) is 15.4. The van der Waals surface area contributed by atoms with E-state index in [1.807, 2.05) is 4.90 Å². The lowest BCUT2D eigenvalue weighted by molar-refractivity contribution is -0.192. The first-order chi connectivity index (χ1) is 10.0. The maximum Gasteiger partial charge on any atom is 0.243 e. The molecule has 1 amide bonds. The van der Waals surface area contributed by atoms with Crippen molar-refractivity contribution in [2.24, 2.45) is 7.05 Å². The maximum absolute atomic E-state index is 11.6. The number of rotatable bonds is 4. The molecule has 9 nitrogen and oxygen atoms in total. The van der Waals surface area contributed by atoms with Crippen molar-refractivity contribution in [3.05, 3.63) is 5.82 Å². The van der Waals surface area contributed by atoms with E-state index in [1.54, 1.807) is 7.05 Å². The van der Waals surface area contributed by atoms with Gasteiger partial charge >= 0.3 is 0 Å². The highest BCUT2D eigenvalue weighted by Gasteiger charge is 2.33. The first-order valence-electron chi connectivity index (χ1n) is 6.75. The number of hydrogen-bond acceptors (Lipinski definition) is 7. The van der Waals surface area contributed by atoms with Crippen LogP contribution in [-0.2, 0) is 23.2 Å². The van der Waals surface area contributed by atoms with Crippen molar-refractivity contribution in [3.63, 3.8) is 0 Å². The predicted octanol–water partition coefficient (Wildman–Crippen LogP) is -0.523. The second kappa shape index (κ2) is 6.60. The van der Waals surface area contributed by atoms with Crippen LogP contribution < -0.4 is 0 Å². The number of aromatic nitrogens is 4. The van der Waals surface area contributed by atoms with Crippen LogP contribution in [0.5, 0.6) is 0 Å². The highest BCUT2D eigenvalue weighted by Crippen LogP contribution is 2.22. The molecule has 0 spiro atoms. The van der Waals surface area contributed by atoms with Gasteiger partial charge in [0, 0.05) is 13.5 Å². The van der Waals surface area contributed by atoms with Gasteiger partial charge in [0.05, 0.1) is 38.9 Å². The molecule has 0 saturated carbocycles. The number of hydrogen-bond donors (Lipinski definition) is 0. The van der Waals surface area contributed by atoms with Crippen molar-refractivity contribution in [3.8, 4) is 6.07 Å². The van der Waals surface area contributed by atoms with E-state index in [4.69, 9.17) is 4.84 Å². The van der Waals surface area contributed by atoms with Crippen LogP contribution in [0.2, 0.25) is 0 Å². The molecule has 1 saturated heterocycles. The number of piperidine rings is 1. The lowest BCUT2D eigenvalue weighted by Crippen LogP contribution is -2.52. The highest BCUT2D eigenvalue weighted by molar-refractivity contribution is 5.72. The summed E-state index contributed by atoms with van der Waals surface area (Å²) in [6.07, 6.45) is 1.41. The highest BCUT2D eigenvalue weighted by atomic mass is 16.7. The number of tetrazole rings is 1. The normalized spacial score (nSPS) is 22.8. The molecule has 1 fully saturated rings. The minimum atomic E-state index is -0.212. The molecule has 1 aromatic rings. The minimum Gasteiger partial charge on any atom is -0.278 e. The van der Waals surface area contributed by atoms with Crippen LogP contribution in [0.3, 0.4) is 0 Å². The Morgan fingerprint density at radius 1 is 1.57 bits per heavy atom. The monoisotopic (exact) mass is 293 g/mol. The van der Waals surface area contributed by atoms with Crippen LogP contribution in [0, 0.1) is 11.3 Å². The maximum atomic E-state index is 11.6. The Morgan fingerprint density at radius 3 is 2.86 bits per heavy atom. The lowest BCUT2D eigenvalue weighted by Gasteiger charge is -2.39. The molecule has 2 rings (SSSR count). The van der Waals surface area contributed by atoms with Crippen LogP contribution in [-0.4, -0.2) is 61.8 Å². The van der Waals surface area contributed by atoms with Gasteiger partial charge in [0.1, 0.15) is 0 Å². The molecule has 114 valence electrons. The van der Waals surface area contributed by atoms with Gasteiger partial charge in [-0.3, -0.25) is 14.5 Å². The van der Waals surface area contributed by atoms with Gasteiger partial charge in [-0.05, 0) is 18.1 Å². The van der Waals surface area contributed by atoms with Crippen molar-refractivity contribution in [1.29, 1.82) is 5.26 Å². The Bertz CT molecular complexity index is 538. The fourth-order valence-corrected chi connectivity index (χ4v) is 2.64. The third-order valence-corrected chi connectivity index (χ3v) is 3.54. The molecule has 0 unspecified atom stereocenters. The van der Waals surface area contributed by atoms with Crippen molar-refractivity contribution < 1.29 is 9.63 Å². The van der Waals surface area contributed by atoms with Gasteiger partial charge in [0.15, 0.2) is 5.82 Å². The minimum absolute atomic E-state index is 0.0752. The topological polar surface area (TPSA) is 100 Å². The number of carbonyl (C=O) groups is 1. The third-order valence-electron chi connectivity index (χ3n) is 3.54. The van der Waals surface area contributed by atoms with Crippen LogP contribution in [0.15, 0.2) is 0 Å². The fourth-order valence-electron chi connectivity index (χ4n) is 2.64. The van der Waals surface area contributed by atoms with Crippen LogP contribution in [0.1, 0.15) is 25.6 Å². The number of amides is 1. The molecular weight excluding hydrogens is 274 g/mol. The second-order valence-electron chi connectivity index (χ2n) is 5.03. The second-order valence-corrected chi connectivity index (χ2v) is 5.03. The summed E-state index contributed by atoms with van der Waals surface area (Å²) in [6.45, 7) is 2.44. The van der Waals surface area contributed by atoms with E-state index in [1.165, 1.54) is 23.9 Å². The Labute approximate surface area is 123 Å². The number of hydroxylamine groups is 2. The number of nitriles is 1. The molecule has 2 heterocycles. The average Bonchev–Trinajstić information content (AvgIpc) is 2.85. The average molecular weight is 293 g/mol. The number of nitrogens with zero attached hydrogens (tertiary/aromatic N) is 7. The molecule has 0 N–H and O–H groups in total. The van der Waals surface area contributed by atoms with Gasteiger partial charge in [0.25, 0.3) is 0 Å². The molecule has 0 radical (unpaired) electrons. The first kappa shape index (κ1) is 15.3. The summed E-state index contributed by atoms with van der Waals surface area (Å²) in [5.74, 6) is 0.417. The van der Waals surface area contributed by atoms with Gasteiger partial charge in [0.2, 0.25) is 5.91 Å². The Kier molecular flexibility index (Phi) is 4.82. The summed E-state index contributed by atoms with van der Waals surface area (Å²) in [5, 5.41) is 22.5. The number of aryl methyl sites for hydroxylation is 1. The summed E-state index contributed by atoms with van der Waals surface area (Å²) in [7, 11) is 3.17. The molecule has 1 aromatic heterocycles. The standard InChI is InChI=1S/C12H19N7O2/c1-9(20)19(21-3)11-5-4-10(6-13)18(7-11)8-12-14-16-17(2)15-12/h10-11H,4-5,7-8H2,1-3H3/t10-,11+/m0/s1. The lowest BCUT2D eigenvalue weighted by atomic mass is 9.98. The van der Waals surface area contributed by atoms with Gasteiger partial charge in [-0.15, -0.1) is 10.2 Å². The fraction of sp³-hybridized carbons (Fsp3) is 0.750. The van der Waals surface area contributed by atoms with E-state index in [0.29, 0.717) is 25.3 Å². The van der Waals surface area contributed by atoms with E-state index >= 15 is 0 Å². The Hall–Kier alpha value is -2.05. The van der Waals surface area contributed by atoms with E-state index < -0.39 is 0 Å². The van der Waals surface area contributed by atoms with Crippen LogP contribution in [0.25, 0.3) is 0 Å². The number of carbonyl (C=O) groups excluding carboxylic acids is 1. The third kappa shape index (κ3) is 3.53. The van der Waals surface area contributed by atoms with Crippen molar-refractivity contribution in [1.82, 2.24) is 30.2 Å². The van der Waals surface area contributed by atoms with Crippen LogP contribution >= 0.6 is 0 Å². The van der Waals surface area contributed by atoms with Crippen molar-refractivity contribution in [2.45, 2.75) is 38.4 Å². The zero-order valence-corrected chi connectivity index (χ0v) is 12.4. The summed E-state index contributed by atoms with van der Waals surface area (Å²) in [4.78, 5) is 20.1. The SMILES string of the molecule is CON(C(C)=O)[C@@H]1CC[C@@H](C#N)N(Cc2nnn(C)n2)C1. The summed E-state index contributed by atoms with van der Waals surface area (Å²) < 4.78 is 0. The van der Waals surface area contributed by atoms with E-state index in [2.05, 4.69) is 21.5 Å². The summed E-state index contributed by atoms with van der Waals surface area (Å²) in [6, 6.07) is 2.00. The van der Waals surface area contributed by atoms with Gasteiger partial charge < -0.3 is 0 Å². The van der Waals surface area contributed by atoms with E-state index in [0.717, 1.165) is 6.42 Å². The zero-order valence-electron chi connectivity index (χ0n) is 12.4. The predicted molar refractivity (Wildman–Crippen MR) is 71.2 cm³/mol. The van der Waals surface area contributed by atoms with E-state index in [9.17, 15) is 10.1 Å². The molecule has 0 aliphatic carbocycles. The van der Waals surface area contributed by atoms with Gasteiger partial charge in [-0.2, -0.15) is 10.1 Å². The molecular formula is C12H19N7O2. The van der Waals surface area contributed by atoms with E-state index in [-0.39, 0.29) is 18.0 Å². The summed E-state index contributed by atoms with van der Waals surface area (Å²) >= 11 is 0. The van der Waals surface area contributed by atoms with Gasteiger partial charge in [-0.1, -0.05) is 0 Å². The molecule has 0 aromatic carbocycles. The summed E-state index contributed by atoms with van der Waals surface area (Å²) in [5.41, 5.74) is 0. The smallest absolute Gasteiger partial charge is 0.243 e. The Morgan fingerprint density at radius 2 is 2.33 bits per heavy atom. The molecule has 1 aliphatic heterocycles. The Balaban J connectivity index is 2.09. The van der Waals surface area contributed by atoms with Crippen molar-refractivity contribution in [2.75, 3.05) is 13.7 Å². The molecule has 9 heteroatoms. The van der Waals surface area contributed by atoms with Crippen LogP contribution in [0.4, 0.5) is 0 Å². The molecule has 2 atom stereocenters. The van der Waals surface area contributed by atoms with Crippen molar-refractivity contribution >= 4 is 5.91 Å². The van der Waals surface area contributed by atoms with Gasteiger partial charge in [-0.25, -0.2) is 5.06 Å². The first-order valence-corrected chi connectivity index (χ1v) is 6.75.